The zero-order chi connectivity index (χ0) is 28.9. The molecular formula is C24H36N8O7. The van der Waals surface area contributed by atoms with E-state index < -0.39 is 60.2 Å². The Morgan fingerprint density at radius 1 is 0.974 bits per heavy atom. The largest absolute Gasteiger partial charge is 0.508 e. The Labute approximate surface area is 225 Å². The molecule has 1 aromatic rings. The van der Waals surface area contributed by atoms with Crippen LogP contribution in [-0.4, -0.2) is 83.0 Å². The lowest BCUT2D eigenvalue weighted by molar-refractivity contribution is -0.142. The fourth-order valence-corrected chi connectivity index (χ4v) is 3.97. The Balaban J connectivity index is 2.19. The summed E-state index contributed by atoms with van der Waals surface area (Å²) in [6.45, 7) is 0.788. The van der Waals surface area contributed by atoms with Crippen molar-refractivity contribution < 1.29 is 34.2 Å². The second-order valence-corrected chi connectivity index (χ2v) is 9.16. The van der Waals surface area contributed by atoms with Crippen molar-refractivity contribution in [1.82, 2.24) is 21.3 Å². The maximum Gasteiger partial charge on any atom is 0.326 e. The van der Waals surface area contributed by atoms with E-state index >= 15 is 0 Å². The van der Waals surface area contributed by atoms with Gasteiger partial charge in [-0.3, -0.25) is 24.2 Å². The summed E-state index contributed by atoms with van der Waals surface area (Å²) >= 11 is 0. The molecule has 2 rings (SSSR count). The van der Waals surface area contributed by atoms with Crippen molar-refractivity contribution in [3.8, 4) is 5.75 Å². The third-order valence-electron chi connectivity index (χ3n) is 5.98. The van der Waals surface area contributed by atoms with Crippen LogP contribution in [0.4, 0.5) is 0 Å². The molecule has 1 aliphatic rings. The van der Waals surface area contributed by atoms with E-state index in [-0.39, 0.29) is 37.5 Å². The normalized spacial score (nSPS) is 16.8. The molecule has 1 aliphatic heterocycles. The minimum Gasteiger partial charge on any atom is -0.508 e. The molecule has 1 heterocycles. The number of carboxylic acids is 1. The molecule has 4 amide bonds. The first kappa shape index (κ1) is 30.8. The lowest BCUT2D eigenvalue weighted by Gasteiger charge is -2.25. The molecule has 214 valence electrons. The number of primary amides is 1. The van der Waals surface area contributed by atoms with E-state index in [2.05, 4.69) is 26.3 Å². The number of phenolic OH excluding ortho intramolecular Hbond substituents is 1. The van der Waals surface area contributed by atoms with Gasteiger partial charge in [0, 0.05) is 13.0 Å². The molecule has 4 atom stereocenters. The monoisotopic (exact) mass is 548 g/mol. The molecule has 39 heavy (non-hydrogen) atoms. The van der Waals surface area contributed by atoms with E-state index in [0.29, 0.717) is 18.5 Å². The first-order valence-corrected chi connectivity index (χ1v) is 12.4. The predicted octanol–water partition coefficient (Wildman–Crippen LogP) is -2.85. The second-order valence-electron chi connectivity index (χ2n) is 9.16. The number of nitrogens with zero attached hydrogens (tertiary/aromatic N) is 1. The van der Waals surface area contributed by atoms with E-state index in [1.807, 2.05) is 0 Å². The standard InChI is InChI=1S/C24H36N8O7/c25-19(34)12-18(32-20(35)15-3-1-9-28-15)22(37)31-17(11-13-5-7-14(33)8-6-13)21(36)30-16(23(38)39)4-2-10-29-24(26)27/h5-8,15-18,28,33H,1-4,9-12H2,(H2,25,34)(H,30,36)(H,31,37)(H,32,35)(H,38,39)(H4,26,27,29). The van der Waals surface area contributed by atoms with Crippen LogP contribution in [0.15, 0.2) is 29.3 Å². The lowest BCUT2D eigenvalue weighted by Crippen LogP contribution is -2.58. The SMILES string of the molecule is NC(=O)CC(NC(=O)C1CCCN1)C(=O)NC(Cc1ccc(O)cc1)C(=O)NC(CCCN=C(N)N)C(=O)O. The van der Waals surface area contributed by atoms with Gasteiger partial charge in [-0.05, 0) is 49.9 Å². The highest BCUT2D eigenvalue weighted by Crippen LogP contribution is 2.13. The molecule has 12 N–H and O–H groups in total. The number of aromatic hydroxyl groups is 1. The van der Waals surface area contributed by atoms with Crippen LogP contribution in [0.5, 0.6) is 5.75 Å². The molecule has 0 radical (unpaired) electrons. The van der Waals surface area contributed by atoms with Crippen LogP contribution < -0.4 is 38.5 Å². The van der Waals surface area contributed by atoms with Gasteiger partial charge in [-0.1, -0.05) is 12.1 Å². The summed E-state index contributed by atoms with van der Waals surface area (Å²) in [4.78, 5) is 66.1. The average Bonchev–Trinajstić information content (AvgIpc) is 3.41. The fourth-order valence-electron chi connectivity index (χ4n) is 3.97. The number of nitrogens with two attached hydrogens (primary N) is 3. The molecule has 1 aromatic carbocycles. The molecular weight excluding hydrogens is 512 g/mol. The summed E-state index contributed by atoms with van der Waals surface area (Å²) in [6, 6.07) is 1.35. The van der Waals surface area contributed by atoms with Gasteiger partial charge in [0.25, 0.3) is 0 Å². The number of hydrogen-bond donors (Lipinski definition) is 9. The van der Waals surface area contributed by atoms with E-state index in [9.17, 15) is 34.2 Å². The van der Waals surface area contributed by atoms with E-state index in [1.54, 1.807) is 0 Å². The molecule has 4 unspecified atom stereocenters. The van der Waals surface area contributed by atoms with Crippen LogP contribution in [-0.2, 0) is 30.4 Å². The van der Waals surface area contributed by atoms with Crippen LogP contribution >= 0.6 is 0 Å². The quantitative estimate of drug-likeness (QED) is 0.0615. The second kappa shape index (κ2) is 15.1. The van der Waals surface area contributed by atoms with Gasteiger partial charge in [-0.25, -0.2) is 4.79 Å². The van der Waals surface area contributed by atoms with Crippen molar-refractivity contribution >= 4 is 35.6 Å². The lowest BCUT2D eigenvalue weighted by atomic mass is 10.0. The summed E-state index contributed by atoms with van der Waals surface area (Å²) in [7, 11) is 0. The molecule has 0 bridgehead atoms. The number of hydrogen-bond acceptors (Lipinski definition) is 8. The molecule has 15 heteroatoms. The third kappa shape index (κ3) is 10.9. The van der Waals surface area contributed by atoms with Crippen LogP contribution in [0.1, 0.15) is 37.7 Å². The number of amides is 4. The van der Waals surface area contributed by atoms with Gasteiger partial charge in [0.05, 0.1) is 12.5 Å². The maximum absolute atomic E-state index is 13.2. The Morgan fingerprint density at radius 2 is 1.62 bits per heavy atom. The molecule has 0 aliphatic carbocycles. The Kier molecular flexibility index (Phi) is 11.9. The van der Waals surface area contributed by atoms with Crippen molar-refractivity contribution in [1.29, 1.82) is 0 Å². The van der Waals surface area contributed by atoms with Crippen molar-refractivity contribution in [3.63, 3.8) is 0 Å². The van der Waals surface area contributed by atoms with Gasteiger partial charge in [-0.15, -0.1) is 0 Å². The number of carboxylic acid groups (broad SMARTS) is 1. The van der Waals surface area contributed by atoms with Crippen molar-refractivity contribution in [2.45, 2.75) is 62.7 Å². The molecule has 15 nitrogen and oxygen atoms in total. The molecule has 1 saturated heterocycles. The van der Waals surface area contributed by atoms with Gasteiger partial charge in [0.2, 0.25) is 23.6 Å². The number of aliphatic imine (C=N–C) groups is 1. The van der Waals surface area contributed by atoms with Gasteiger partial charge in [-0.2, -0.15) is 0 Å². The topological polar surface area (TPSA) is 264 Å². The smallest absolute Gasteiger partial charge is 0.326 e. The highest BCUT2D eigenvalue weighted by Gasteiger charge is 2.32. The van der Waals surface area contributed by atoms with Crippen LogP contribution in [0.3, 0.4) is 0 Å². The molecule has 0 saturated carbocycles. The fraction of sp³-hybridized carbons (Fsp3) is 0.500. The highest BCUT2D eigenvalue weighted by molar-refractivity contribution is 5.96. The number of rotatable bonds is 15. The number of benzene rings is 1. The number of nitrogens with one attached hydrogen (secondary N) is 4. The summed E-state index contributed by atoms with van der Waals surface area (Å²) in [5, 5.41) is 29.5. The van der Waals surface area contributed by atoms with Crippen LogP contribution in [0, 0.1) is 0 Å². The summed E-state index contributed by atoms with van der Waals surface area (Å²) < 4.78 is 0. The summed E-state index contributed by atoms with van der Waals surface area (Å²) in [6.07, 6.45) is 0.997. The van der Waals surface area contributed by atoms with Gasteiger partial charge in [0.15, 0.2) is 5.96 Å². The number of phenols is 1. The number of guanidine groups is 1. The van der Waals surface area contributed by atoms with Crippen molar-refractivity contribution in [2.24, 2.45) is 22.2 Å². The first-order chi connectivity index (χ1) is 18.5. The van der Waals surface area contributed by atoms with Gasteiger partial charge in [0.1, 0.15) is 23.9 Å². The molecule has 0 spiro atoms. The van der Waals surface area contributed by atoms with Gasteiger partial charge < -0.3 is 48.7 Å². The maximum atomic E-state index is 13.2. The highest BCUT2D eigenvalue weighted by atomic mass is 16.4. The zero-order valence-electron chi connectivity index (χ0n) is 21.4. The van der Waals surface area contributed by atoms with Gasteiger partial charge >= 0.3 is 5.97 Å². The molecule has 0 aromatic heterocycles. The Morgan fingerprint density at radius 3 is 2.18 bits per heavy atom. The van der Waals surface area contributed by atoms with Crippen molar-refractivity contribution in [3.05, 3.63) is 29.8 Å². The number of carbonyl (C=O) groups excluding carboxylic acids is 4. The van der Waals surface area contributed by atoms with Crippen LogP contribution in [0.25, 0.3) is 0 Å². The Bertz CT molecular complexity index is 1050. The number of carbonyl (C=O) groups is 5. The zero-order valence-corrected chi connectivity index (χ0v) is 21.4. The summed E-state index contributed by atoms with van der Waals surface area (Å²) in [5.74, 6) is -4.46. The van der Waals surface area contributed by atoms with Crippen LogP contribution in [0.2, 0.25) is 0 Å². The van der Waals surface area contributed by atoms with E-state index in [0.717, 1.165) is 6.42 Å². The Hall–Kier alpha value is -4.40. The number of aliphatic carboxylic acids is 1. The average molecular weight is 549 g/mol. The third-order valence-corrected chi connectivity index (χ3v) is 5.98. The molecule has 1 fully saturated rings. The minimum atomic E-state index is -1.36. The first-order valence-electron chi connectivity index (χ1n) is 12.4. The summed E-state index contributed by atoms with van der Waals surface area (Å²) in [5.41, 5.74) is 16.4. The minimum absolute atomic E-state index is 0.00642. The van der Waals surface area contributed by atoms with E-state index in [4.69, 9.17) is 17.2 Å². The predicted molar refractivity (Wildman–Crippen MR) is 140 cm³/mol. The van der Waals surface area contributed by atoms with E-state index in [1.165, 1.54) is 24.3 Å². The van der Waals surface area contributed by atoms with Crippen molar-refractivity contribution in [2.75, 3.05) is 13.1 Å².